The van der Waals surface area contributed by atoms with Gasteiger partial charge in [-0.3, -0.25) is 4.79 Å². The van der Waals surface area contributed by atoms with Gasteiger partial charge < -0.3 is 10.6 Å². The molecule has 0 spiro atoms. The third-order valence-corrected chi connectivity index (χ3v) is 3.93. The SMILES string of the molecule is CC1CCNC(C)C1NC(=O)Cc1cccc(F)c1F.Cl. The average Bonchev–Trinajstić information content (AvgIpc) is 2.39. The van der Waals surface area contributed by atoms with Crippen LogP contribution in [-0.2, 0) is 11.2 Å². The van der Waals surface area contributed by atoms with Gasteiger partial charge >= 0.3 is 0 Å². The summed E-state index contributed by atoms with van der Waals surface area (Å²) in [5.41, 5.74) is 0.0894. The number of hydrogen-bond acceptors (Lipinski definition) is 2. The molecular weight excluding hydrogens is 298 g/mol. The molecule has 1 amide bonds. The minimum Gasteiger partial charge on any atom is -0.351 e. The van der Waals surface area contributed by atoms with Crippen molar-refractivity contribution in [1.29, 1.82) is 0 Å². The van der Waals surface area contributed by atoms with Crippen LogP contribution >= 0.6 is 12.4 Å². The Balaban J connectivity index is 0.00000220. The van der Waals surface area contributed by atoms with Gasteiger partial charge in [0.25, 0.3) is 0 Å². The molecule has 3 nitrogen and oxygen atoms in total. The lowest BCUT2D eigenvalue weighted by atomic mass is 9.89. The van der Waals surface area contributed by atoms with Crippen molar-refractivity contribution < 1.29 is 13.6 Å². The molecule has 118 valence electrons. The second-order valence-corrected chi connectivity index (χ2v) is 5.49. The molecular formula is C15H21ClF2N2O. The van der Waals surface area contributed by atoms with E-state index in [4.69, 9.17) is 0 Å². The number of carbonyl (C=O) groups is 1. The fourth-order valence-electron chi connectivity index (χ4n) is 2.70. The molecule has 6 heteroatoms. The van der Waals surface area contributed by atoms with E-state index in [0.717, 1.165) is 19.0 Å². The molecule has 1 heterocycles. The minimum atomic E-state index is -0.939. The second-order valence-electron chi connectivity index (χ2n) is 5.49. The lowest BCUT2D eigenvalue weighted by Crippen LogP contribution is -2.56. The van der Waals surface area contributed by atoms with E-state index in [1.807, 2.05) is 6.92 Å². The monoisotopic (exact) mass is 318 g/mol. The zero-order valence-corrected chi connectivity index (χ0v) is 13.0. The van der Waals surface area contributed by atoms with E-state index >= 15 is 0 Å². The molecule has 1 aromatic carbocycles. The van der Waals surface area contributed by atoms with Crippen LogP contribution in [0.2, 0.25) is 0 Å². The smallest absolute Gasteiger partial charge is 0.224 e. The van der Waals surface area contributed by atoms with Crippen molar-refractivity contribution in [2.75, 3.05) is 6.54 Å². The quantitative estimate of drug-likeness (QED) is 0.898. The fourth-order valence-corrected chi connectivity index (χ4v) is 2.70. The Morgan fingerprint density at radius 3 is 2.76 bits per heavy atom. The first-order valence-electron chi connectivity index (χ1n) is 6.94. The third kappa shape index (κ3) is 4.38. The molecule has 3 unspecified atom stereocenters. The van der Waals surface area contributed by atoms with E-state index in [0.29, 0.717) is 5.92 Å². The summed E-state index contributed by atoms with van der Waals surface area (Å²) in [6.45, 7) is 5.04. The minimum absolute atomic E-state index is 0. The Kier molecular flexibility index (Phi) is 6.55. The molecule has 0 aromatic heterocycles. The topological polar surface area (TPSA) is 41.1 Å². The largest absolute Gasteiger partial charge is 0.351 e. The van der Waals surface area contributed by atoms with E-state index in [1.165, 1.54) is 12.1 Å². The van der Waals surface area contributed by atoms with Crippen LogP contribution in [0.3, 0.4) is 0 Å². The van der Waals surface area contributed by atoms with Gasteiger partial charge in [0.05, 0.1) is 6.42 Å². The highest BCUT2D eigenvalue weighted by molar-refractivity contribution is 5.85. The number of rotatable bonds is 3. The van der Waals surface area contributed by atoms with E-state index < -0.39 is 11.6 Å². The molecule has 0 aliphatic carbocycles. The van der Waals surface area contributed by atoms with E-state index in [-0.39, 0.29) is 42.4 Å². The molecule has 3 atom stereocenters. The second kappa shape index (κ2) is 7.71. The van der Waals surface area contributed by atoms with Crippen LogP contribution in [0.25, 0.3) is 0 Å². The number of nitrogens with one attached hydrogen (secondary N) is 2. The van der Waals surface area contributed by atoms with Crippen molar-refractivity contribution >= 4 is 18.3 Å². The highest BCUT2D eigenvalue weighted by Gasteiger charge is 2.28. The van der Waals surface area contributed by atoms with Gasteiger partial charge in [-0.1, -0.05) is 19.1 Å². The maximum absolute atomic E-state index is 13.5. The molecule has 1 saturated heterocycles. The Labute approximate surface area is 129 Å². The molecule has 0 bridgehead atoms. The predicted octanol–water partition coefficient (Wildman–Crippen LogP) is 2.43. The first kappa shape index (κ1) is 17.9. The summed E-state index contributed by atoms with van der Waals surface area (Å²) in [5, 5.41) is 6.23. The van der Waals surface area contributed by atoms with Crippen LogP contribution in [0.15, 0.2) is 18.2 Å². The van der Waals surface area contributed by atoms with Crippen LogP contribution in [0, 0.1) is 17.6 Å². The van der Waals surface area contributed by atoms with Crippen molar-refractivity contribution in [2.24, 2.45) is 5.92 Å². The van der Waals surface area contributed by atoms with Gasteiger partial charge in [0.15, 0.2) is 11.6 Å². The maximum Gasteiger partial charge on any atom is 0.224 e. The fraction of sp³-hybridized carbons (Fsp3) is 0.533. The van der Waals surface area contributed by atoms with Crippen molar-refractivity contribution in [3.8, 4) is 0 Å². The van der Waals surface area contributed by atoms with Crippen LogP contribution in [0.1, 0.15) is 25.8 Å². The van der Waals surface area contributed by atoms with Gasteiger partial charge in [-0.25, -0.2) is 8.78 Å². The summed E-state index contributed by atoms with van der Waals surface area (Å²) in [6, 6.07) is 4.09. The molecule has 21 heavy (non-hydrogen) atoms. The summed E-state index contributed by atoms with van der Waals surface area (Å²) >= 11 is 0. The Hall–Kier alpha value is -1.20. The zero-order valence-electron chi connectivity index (χ0n) is 12.2. The predicted molar refractivity (Wildman–Crippen MR) is 80.5 cm³/mol. The van der Waals surface area contributed by atoms with E-state index in [2.05, 4.69) is 17.6 Å². The van der Waals surface area contributed by atoms with Crippen LogP contribution in [0.4, 0.5) is 8.78 Å². The van der Waals surface area contributed by atoms with Gasteiger partial charge in [-0.2, -0.15) is 0 Å². The molecule has 2 rings (SSSR count). The Morgan fingerprint density at radius 1 is 1.38 bits per heavy atom. The van der Waals surface area contributed by atoms with Crippen LogP contribution < -0.4 is 10.6 Å². The number of benzene rings is 1. The third-order valence-electron chi connectivity index (χ3n) is 3.93. The van der Waals surface area contributed by atoms with E-state index in [9.17, 15) is 13.6 Å². The lowest BCUT2D eigenvalue weighted by Gasteiger charge is -2.36. The summed E-state index contributed by atoms with van der Waals surface area (Å²) in [4.78, 5) is 12.0. The Bertz CT molecular complexity index is 489. The van der Waals surface area contributed by atoms with E-state index in [1.54, 1.807) is 0 Å². The maximum atomic E-state index is 13.5. The zero-order chi connectivity index (χ0) is 14.7. The summed E-state index contributed by atoms with van der Waals surface area (Å²) in [7, 11) is 0. The van der Waals surface area contributed by atoms with Gasteiger partial charge in [-0.15, -0.1) is 12.4 Å². The van der Waals surface area contributed by atoms with Crippen molar-refractivity contribution in [3.63, 3.8) is 0 Å². The highest BCUT2D eigenvalue weighted by atomic mass is 35.5. The average molecular weight is 319 g/mol. The summed E-state index contributed by atoms with van der Waals surface area (Å²) in [6.07, 6.45) is 0.850. The summed E-state index contributed by atoms with van der Waals surface area (Å²) in [5.74, 6) is -1.77. The molecule has 1 aromatic rings. The molecule has 0 saturated carbocycles. The van der Waals surface area contributed by atoms with Crippen LogP contribution in [-0.4, -0.2) is 24.5 Å². The molecule has 1 aliphatic heterocycles. The standard InChI is InChI=1S/C15H20F2N2O.ClH/c1-9-6-7-18-10(2)15(9)19-13(20)8-11-4-3-5-12(16)14(11)17;/h3-5,9-10,15,18H,6-8H2,1-2H3,(H,19,20);1H. The van der Waals surface area contributed by atoms with Gasteiger partial charge in [0.2, 0.25) is 5.91 Å². The number of hydrogen-bond donors (Lipinski definition) is 2. The molecule has 0 radical (unpaired) electrons. The number of carbonyl (C=O) groups excluding carboxylic acids is 1. The molecule has 1 fully saturated rings. The Morgan fingerprint density at radius 2 is 2.10 bits per heavy atom. The van der Waals surface area contributed by atoms with Crippen molar-refractivity contribution in [2.45, 2.75) is 38.8 Å². The first-order chi connectivity index (χ1) is 9.49. The lowest BCUT2D eigenvalue weighted by molar-refractivity contribution is -0.121. The van der Waals surface area contributed by atoms with Gasteiger partial charge in [0, 0.05) is 17.6 Å². The summed E-state index contributed by atoms with van der Waals surface area (Å²) < 4.78 is 26.6. The number of amides is 1. The number of halogens is 3. The van der Waals surface area contributed by atoms with Crippen molar-refractivity contribution in [1.82, 2.24) is 10.6 Å². The van der Waals surface area contributed by atoms with Crippen LogP contribution in [0.5, 0.6) is 0 Å². The molecule has 1 aliphatic rings. The number of piperidine rings is 1. The highest BCUT2D eigenvalue weighted by Crippen LogP contribution is 2.17. The molecule has 2 N–H and O–H groups in total. The van der Waals surface area contributed by atoms with Gasteiger partial charge in [0.1, 0.15) is 0 Å². The van der Waals surface area contributed by atoms with Crippen molar-refractivity contribution in [3.05, 3.63) is 35.4 Å². The van der Waals surface area contributed by atoms with Gasteiger partial charge in [-0.05, 0) is 31.9 Å². The first-order valence-corrected chi connectivity index (χ1v) is 6.94. The normalized spacial score (nSPS) is 25.0.